The zero-order valence-corrected chi connectivity index (χ0v) is 20.9. The van der Waals surface area contributed by atoms with E-state index in [2.05, 4.69) is 9.97 Å². The van der Waals surface area contributed by atoms with Crippen LogP contribution in [0.5, 0.6) is 0 Å². The van der Waals surface area contributed by atoms with Crippen LogP contribution in [0.15, 0.2) is 59.8 Å². The Hall–Kier alpha value is -3.47. The number of ether oxygens (including phenoxy) is 1. The number of fused-ring (bicyclic) bond motifs is 4. The second kappa shape index (κ2) is 8.58. The fourth-order valence-electron chi connectivity index (χ4n) is 4.75. The maximum absolute atomic E-state index is 13.5. The average Bonchev–Trinajstić information content (AvgIpc) is 3.32. The molecule has 9 nitrogen and oxygen atoms in total. The van der Waals surface area contributed by atoms with Gasteiger partial charge in [0.1, 0.15) is 11.7 Å². The van der Waals surface area contributed by atoms with E-state index in [0.29, 0.717) is 35.5 Å². The van der Waals surface area contributed by atoms with Gasteiger partial charge in [0.05, 0.1) is 41.4 Å². The van der Waals surface area contributed by atoms with Crippen molar-refractivity contribution in [2.45, 2.75) is 17.5 Å². The molecule has 184 valence electrons. The maximum Gasteiger partial charge on any atom is 0.252 e. The standard InChI is InChI=1S/C25H22ClN5O4S/c1-36(33,34)16-7-5-15(6-8-16)13-31-20-12-28-23(18-11-27-22-17(18)3-2-4-19(22)26)29-24(20)30-9-10-35-14-21(30)25(31)32/h2-8,11-12,21,27H,9-10,13-14H2,1H3. The molecule has 2 aromatic heterocycles. The van der Waals surface area contributed by atoms with E-state index in [1.165, 1.54) is 6.26 Å². The first kappa shape index (κ1) is 23.0. The van der Waals surface area contributed by atoms with E-state index in [1.54, 1.807) is 35.4 Å². The van der Waals surface area contributed by atoms with Gasteiger partial charge in [-0.2, -0.15) is 0 Å². The zero-order valence-electron chi connectivity index (χ0n) is 19.3. The smallest absolute Gasteiger partial charge is 0.252 e. The molecule has 4 heterocycles. The molecule has 0 bridgehead atoms. The van der Waals surface area contributed by atoms with E-state index in [4.69, 9.17) is 21.3 Å². The normalized spacial score (nSPS) is 17.8. The number of hydrogen-bond acceptors (Lipinski definition) is 7. The lowest BCUT2D eigenvalue weighted by Crippen LogP contribution is -2.58. The second-order valence-corrected chi connectivity index (χ2v) is 11.3. The van der Waals surface area contributed by atoms with Crippen LogP contribution in [0.25, 0.3) is 22.3 Å². The van der Waals surface area contributed by atoms with Gasteiger partial charge in [0, 0.05) is 29.9 Å². The summed E-state index contributed by atoms with van der Waals surface area (Å²) < 4.78 is 29.3. The second-order valence-electron chi connectivity index (χ2n) is 8.89. The number of carbonyl (C=O) groups excluding carboxylic acids is 1. The molecule has 2 aromatic carbocycles. The van der Waals surface area contributed by atoms with E-state index in [9.17, 15) is 13.2 Å². The summed E-state index contributed by atoms with van der Waals surface area (Å²) >= 11 is 6.34. The van der Waals surface area contributed by atoms with Crippen LogP contribution in [0.3, 0.4) is 0 Å². The molecule has 6 rings (SSSR count). The third kappa shape index (κ3) is 3.82. The Kier molecular flexibility index (Phi) is 5.47. The molecule has 36 heavy (non-hydrogen) atoms. The minimum atomic E-state index is -3.31. The monoisotopic (exact) mass is 523 g/mol. The fraction of sp³-hybridized carbons (Fsp3) is 0.240. The zero-order chi connectivity index (χ0) is 25.0. The van der Waals surface area contributed by atoms with Gasteiger partial charge in [-0.25, -0.2) is 18.4 Å². The van der Waals surface area contributed by atoms with Crippen molar-refractivity contribution >= 4 is 49.8 Å². The molecule has 4 aromatic rings. The van der Waals surface area contributed by atoms with E-state index < -0.39 is 15.9 Å². The summed E-state index contributed by atoms with van der Waals surface area (Å²) in [5, 5.41) is 1.53. The van der Waals surface area contributed by atoms with E-state index in [-0.39, 0.29) is 24.0 Å². The summed E-state index contributed by atoms with van der Waals surface area (Å²) in [7, 11) is -3.31. The summed E-state index contributed by atoms with van der Waals surface area (Å²) in [5.41, 5.74) is 3.03. The number of anilines is 2. The van der Waals surface area contributed by atoms with Crippen LogP contribution >= 0.6 is 11.6 Å². The number of morpholine rings is 1. The Labute approximate surface area is 212 Å². The number of rotatable bonds is 4. The van der Waals surface area contributed by atoms with Gasteiger partial charge in [0.25, 0.3) is 5.91 Å². The van der Waals surface area contributed by atoms with Crippen molar-refractivity contribution in [2.24, 2.45) is 0 Å². The van der Waals surface area contributed by atoms with Crippen LogP contribution in [-0.2, 0) is 25.9 Å². The molecule has 0 radical (unpaired) electrons. The third-order valence-electron chi connectivity index (χ3n) is 6.59. The number of benzene rings is 2. The Morgan fingerprint density at radius 2 is 2.00 bits per heavy atom. The molecule has 1 saturated heterocycles. The number of para-hydroxylation sites is 1. The third-order valence-corrected chi connectivity index (χ3v) is 8.03. The molecule has 1 atom stereocenters. The van der Waals surface area contributed by atoms with Crippen molar-refractivity contribution < 1.29 is 17.9 Å². The Morgan fingerprint density at radius 1 is 1.19 bits per heavy atom. The van der Waals surface area contributed by atoms with Crippen molar-refractivity contribution in [3.8, 4) is 11.4 Å². The highest BCUT2D eigenvalue weighted by molar-refractivity contribution is 7.90. The van der Waals surface area contributed by atoms with Crippen LogP contribution in [0.1, 0.15) is 5.56 Å². The molecule has 11 heteroatoms. The minimum Gasteiger partial charge on any atom is -0.377 e. The van der Waals surface area contributed by atoms with E-state index in [1.807, 2.05) is 29.3 Å². The fourth-order valence-corrected chi connectivity index (χ4v) is 5.61. The van der Waals surface area contributed by atoms with Crippen molar-refractivity contribution in [3.63, 3.8) is 0 Å². The predicted octanol–water partition coefficient (Wildman–Crippen LogP) is 3.43. The van der Waals surface area contributed by atoms with Gasteiger partial charge in [0.15, 0.2) is 21.5 Å². The van der Waals surface area contributed by atoms with Crippen LogP contribution in [0, 0.1) is 0 Å². The molecule has 1 fully saturated rings. The van der Waals surface area contributed by atoms with Crippen LogP contribution in [0.2, 0.25) is 5.02 Å². The van der Waals surface area contributed by atoms with Gasteiger partial charge in [-0.05, 0) is 23.8 Å². The lowest BCUT2D eigenvalue weighted by atomic mass is 10.1. The van der Waals surface area contributed by atoms with Gasteiger partial charge < -0.3 is 19.5 Å². The Bertz CT molecular complexity index is 1600. The first-order valence-corrected chi connectivity index (χ1v) is 13.7. The SMILES string of the molecule is CS(=O)(=O)c1ccc(CN2C(=O)C3COCCN3c3nc(-c4c[nH]c5c(Cl)cccc45)ncc32)cc1. The predicted molar refractivity (Wildman–Crippen MR) is 137 cm³/mol. The molecule has 1 unspecified atom stereocenters. The number of aromatic nitrogens is 3. The van der Waals surface area contributed by atoms with Gasteiger partial charge in [0.2, 0.25) is 0 Å². The summed E-state index contributed by atoms with van der Waals surface area (Å²) in [6, 6.07) is 11.7. The van der Waals surface area contributed by atoms with Crippen molar-refractivity contribution in [1.29, 1.82) is 0 Å². The Balaban J connectivity index is 1.42. The summed E-state index contributed by atoms with van der Waals surface area (Å²) in [6.45, 7) is 1.56. The lowest BCUT2D eigenvalue weighted by Gasteiger charge is -2.43. The highest BCUT2D eigenvalue weighted by Gasteiger charge is 2.41. The molecule has 1 N–H and O–H groups in total. The number of nitrogens with zero attached hydrogens (tertiary/aromatic N) is 4. The van der Waals surface area contributed by atoms with Gasteiger partial charge in [-0.15, -0.1) is 0 Å². The summed E-state index contributed by atoms with van der Waals surface area (Å²) in [6.07, 6.45) is 4.68. The molecule has 0 saturated carbocycles. The molecule has 0 aliphatic carbocycles. The molecule has 0 spiro atoms. The van der Waals surface area contributed by atoms with Crippen molar-refractivity contribution in [2.75, 3.05) is 35.8 Å². The number of hydrogen-bond donors (Lipinski definition) is 1. The van der Waals surface area contributed by atoms with Gasteiger partial charge >= 0.3 is 0 Å². The van der Waals surface area contributed by atoms with Crippen LogP contribution in [-0.4, -0.2) is 61.3 Å². The van der Waals surface area contributed by atoms with Crippen molar-refractivity contribution in [1.82, 2.24) is 15.0 Å². The van der Waals surface area contributed by atoms with Crippen LogP contribution < -0.4 is 9.80 Å². The first-order chi connectivity index (χ1) is 17.3. The molecule has 2 aliphatic rings. The topological polar surface area (TPSA) is 108 Å². The Morgan fingerprint density at radius 3 is 2.78 bits per heavy atom. The quantitative estimate of drug-likeness (QED) is 0.436. The average molecular weight is 524 g/mol. The highest BCUT2D eigenvalue weighted by atomic mass is 35.5. The number of amides is 1. The number of nitrogens with one attached hydrogen (secondary N) is 1. The number of H-pyrrole nitrogens is 1. The van der Waals surface area contributed by atoms with Crippen molar-refractivity contribution in [3.05, 3.63) is 65.4 Å². The number of halogens is 1. The van der Waals surface area contributed by atoms with Gasteiger partial charge in [-0.3, -0.25) is 4.79 Å². The number of aromatic amines is 1. The lowest BCUT2D eigenvalue weighted by molar-refractivity contribution is -0.122. The van der Waals surface area contributed by atoms with Gasteiger partial charge in [-0.1, -0.05) is 35.9 Å². The number of carbonyl (C=O) groups is 1. The summed E-state index contributed by atoms with van der Waals surface area (Å²) in [4.78, 5) is 30.1. The maximum atomic E-state index is 13.5. The molecule has 2 aliphatic heterocycles. The highest BCUT2D eigenvalue weighted by Crippen LogP contribution is 2.39. The molecular weight excluding hydrogens is 502 g/mol. The van der Waals surface area contributed by atoms with E-state index in [0.717, 1.165) is 22.0 Å². The largest absolute Gasteiger partial charge is 0.377 e. The molecule has 1 amide bonds. The molecular formula is C25H22ClN5O4S. The van der Waals surface area contributed by atoms with Crippen LogP contribution in [0.4, 0.5) is 11.5 Å². The summed E-state index contributed by atoms with van der Waals surface area (Å²) in [5.74, 6) is 1.08. The first-order valence-electron chi connectivity index (χ1n) is 11.4. The minimum absolute atomic E-state index is 0.107. The van der Waals surface area contributed by atoms with E-state index >= 15 is 0 Å². The number of sulfone groups is 1.